The average molecular weight is 285 g/mol. The minimum absolute atomic E-state index is 0.318. The monoisotopic (exact) mass is 284 g/mol. The summed E-state index contributed by atoms with van der Waals surface area (Å²) >= 11 is 3.37. The van der Waals surface area contributed by atoms with Gasteiger partial charge in [0.25, 0.3) is 5.91 Å². The van der Waals surface area contributed by atoms with Gasteiger partial charge in [0.2, 0.25) is 0 Å². The second-order valence-corrected chi connectivity index (χ2v) is 5.08. The zero-order valence-corrected chi connectivity index (χ0v) is 10.3. The Hall–Kier alpha value is -0.910. The zero-order chi connectivity index (χ0) is 11.8. The molecule has 0 bridgehead atoms. The first-order chi connectivity index (χ1) is 7.49. The number of likely N-dealkylation sites (tertiary alicyclic amines) is 1. The van der Waals surface area contributed by atoms with Crippen LogP contribution in [0.25, 0.3) is 0 Å². The van der Waals surface area contributed by atoms with Gasteiger partial charge in [0.1, 0.15) is 0 Å². The van der Waals surface area contributed by atoms with Gasteiger partial charge in [-0.2, -0.15) is 0 Å². The number of carbonyl (C=O) groups is 1. The molecule has 5 heteroatoms. The van der Waals surface area contributed by atoms with Crippen LogP contribution in [-0.2, 0) is 11.3 Å². The first-order valence-corrected chi connectivity index (χ1v) is 5.78. The first-order valence-electron chi connectivity index (χ1n) is 4.99. The zero-order valence-electron chi connectivity index (χ0n) is 8.69. The third-order valence-corrected chi connectivity index (χ3v) is 3.28. The van der Waals surface area contributed by atoms with Crippen molar-refractivity contribution in [3.05, 3.63) is 34.3 Å². The Kier molecular flexibility index (Phi) is 3.01. The van der Waals surface area contributed by atoms with Crippen molar-refractivity contribution in [2.75, 3.05) is 13.1 Å². The van der Waals surface area contributed by atoms with Crippen molar-refractivity contribution in [3.63, 3.8) is 0 Å². The summed E-state index contributed by atoms with van der Waals surface area (Å²) in [5.74, 6) is -0.639. The van der Waals surface area contributed by atoms with Crippen LogP contribution in [0.2, 0.25) is 0 Å². The molecule has 1 fully saturated rings. The summed E-state index contributed by atoms with van der Waals surface area (Å²) in [7, 11) is 0. The lowest BCUT2D eigenvalue weighted by atomic mass is 9.93. The third-order valence-electron chi connectivity index (χ3n) is 2.75. The van der Waals surface area contributed by atoms with Crippen molar-refractivity contribution in [1.82, 2.24) is 4.90 Å². The predicted molar refractivity (Wildman–Crippen MR) is 63.6 cm³/mol. The molecule has 4 nitrogen and oxygen atoms in total. The van der Waals surface area contributed by atoms with Gasteiger partial charge < -0.3 is 10.8 Å². The van der Waals surface area contributed by atoms with E-state index in [-0.39, 0.29) is 0 Å². The highest BCUT2D eigenvalue weighted by Gasteiger charge is 2.45. The molecule has 1 aromatic carbocycles. The Morgan fingerprint density at radius 1 is 1.44 bits per heavy atom. The van der Waals surface area contributed by atoms with Crippen molar-refractivity contribution < 1.29 is 9.90 Å². The molecule has 1 aromatic rings. The Labute approximate surface area is 102 Å². The molecule has 0 aromatic heterocycles. The number of benzene rings is 1. The van der Waals surface area contributed by atoms with E-state index in [0.717, 1.165) is 16.6 Å². The molecule has 0 saturated carbocycles. The van der Waals surface area contributed by atoms with Crippen LogP contribution >= 0.6 is 15.9 Å². The van der Waals surface area contributed by atoms with Gasteiger partial charge in [-0.05, 0) is 17.7 Å². The number of hydrogen-bond donors (Lipinski definition) is 2. The van der Waals surface area contributed by atoms with Crippen LogP contribution in [0.4, 0.5) is 0 Å². The lowest BCUT2D eigenvalue weighted by Gasteiger charge is -2.44. The van der Waals surface area contributed by atoms with Crippen LogP contribution < -0.4 is 5.73 Å². The summed E-state index contributed by atoms with van der Waals surface area (Å²) in [6, 6.07) is 7.95. The van der Waals surface area contributed by atoms with Crippen molar-refractivity contribution >= 4 is 21.8 Å². The Bertz CT molecular complexity index is 399. The van der Waals surface area contributed by atoms with Gasteiger partial charge in [-0.15, -0.1) is 0 Å². The third kappa shape index (κ3) is 2.26. The summed E-state index contributed by atoms with van der Waals surface area (Å²) in [6.07, 6.45) is 0. The lowest BCUT2D eigenvalue weighted by Crippen LogP contribution is -2.67. The van der Waals surface area contributed by atoms with Crippen LogP contribution in [0.15, 0.2) is 28.7 Å². The van der Waals surface area contributed by atoms with E-state index in [2.05, 4.69) is 15.9 Å². The summed E-state index contributed by atoms with van der Waals surface area (Å²) in [6.45, 7) is 1.36. The molecule has 0 atom stereocenters. The fourth-order valence-corrected chi connectivity index (χ4v) is 2.07. The molecule has 0 aliphatic carbocycles. The normalized spacial score (nSPS) is 19.1. The fraction of sp³-hybridized carbons (Fsp3) is 0.364. The summed E-state index contributed by atoms with van der Waals surface area (Å²) in [5, 5.41) is 9.66. The number of nitrogens with zero attached hydrogens (tertiary/aromatic N) is 1. The van der Waals surface area contributed by atoms with E-state index in [1.54, 1.807) is 0 Å². The second-order valence-electron chi connectivity index (χ2n) is 4.17. The minimum atomic E-state index is -1.32. The highest BCUT2D eigenvalue weighted by atomic mass is 79.9. The molecule has 86 valence electrons. The highest BCUT2D eigenvalue weighted by molar-refractivity contribution is 9.10. The predicted octanol–water partition coefficient (Wildman–Crippen LogP) is 0.481. The number of rotatable bonds is 3. The molecule has 0 unspecified atom stereocenters. The SMILES string of the molecule is NC(=O)C1(O)CN(Cc2ccc(Br)cc2)C1. The maximum Gasteiger partial charge on any atom is 0.252 e. The molecular weight excluding hydrogens is 272 g/mol. The topological polar surface area (TPSA) is 66.6 Å². The van der Waals surface area contributed by atoms with Crippen LogP contribution in [0, 0.1) is 0 Å². The van der Waals surface area contributed by atoms with Crippen molar-refractivity contribution in [2.24, 2.45) is 5.73 Å². The number of amides is 1. The van der Waals surface area contributed by atoms with E-state index in [1.807, 2.05) is 29.2 Å². The number of β-amino-alcohol motifs (C(OH)–C–C–N with tert-alkyl or cyclic N) is 1. The summed E-state index contributed by atoms with van der Waals surface area (Å²) in [4.78, 5) is 12.9. The Morgan fingerprint density at radius 2 is 2.00 bits per heavy atom. The van der Waals surface area contributed by atoms with Gasteiger partial charge >= 0.3 is 0 Å². The maximum atomic E-state index is 10.9. The van der Waals surface area contributed by atoms with Gasteiger partial charge in [0, 0.05) is 24.1 Å². The standard InChI is InChI=1S/C11H13BrN2O2/c12-9-3-1-8(2-4-9)5-14-6-11(16,7-14)10(13)15/h1-4,16H,5-7H2,(H2,13,15). The van der Waals surface area contributed by atoms with E-state index >= 15 is 0 Å². The smallest absolute Gasteiger partial charge is 0.252 e. The van der Waals surface area contributed by atoms with Crippen LogP contribution in [-0.4, -0.2) is 34.6 Å². The van der Waals surface area contributed by atoms with E-state index in [9.17, 15) is 9.90 Å². The Morgan fingerprint density at radius 3 is 2.50 bits per heavy atom. The lowest BCUT2D eigenvalue weighted by molar-refractivity contribution is -0.156. The van der Waals surface area contributed by atoms with Crippen LogP contribution in [0.3, 0.4) is 0 Å². The molecule has 0 spiro atoms. The van der Waals surface area contributed by atoms with E-state index < -0.39 is 11.5 Å². The molecular formula is C11H13BrN2O2. The van der Waals surface area contributed by atoms with Gasteiger partial charge in [-0.25, -0.2) is 0 Å². The van der Waals surface area contributed by atoms with Crippen molar-refractivity contribution in [1.29, 1.82) is 0 Å². The first kappa shape index (κ1) is 11.6. The van der Waals surface area contributed by atoms with Gasteiger partial charge in [-0.1, -0.05) is 28.1 Å². The van der Waals surface area contributed by atoms with Crippen molar-refractivity contribution in [3.8, 4) is 0 Å². The van der Waals surface area contributed by atoms with Gasteiger partial charge in [0.15, 0.2) is 5.60 Å². The molecule has 1 aliphatic rings. The number of nitrogens with two attached hydrogens (primary N) is 1. The number of halogens is 1. The van der Waals surface area contributed by atoms with E-state index in [1.165, 1.54) is 0 Å². The summed E-state index contributed by atoms with van der Waals surface area (Å²) < 4.78 is 1.04. The fourth-order valence-electron chi connectivity index (χ4n) is 1.81. The number of aliphatic hydroxyl groups is 1. The summed E-state index contributed by atoms with van der Waals surface area (Å²) in [5.41, 5.74) is 4.91. The number of hydrogen-bond acceptors (Lipinski definition) is 3. The van der Waals surface area contributed by atoms with Gasteiger partial charge in [0.05, 0.1) is 0 Å². The molecule has 1 amide bonds. The van der Waals surface area contributed by atoms with Crippen LogP contribution in [0.5, 0.6) is 0 Å². The Balaban J connectivity index is 1.90. The molecule has 0 radical (unpaired) electrons. The quantitative estimate of drug-likeness (QED) is 0.849. The number of carbonyl (C=O) groups excluding carboxylic acids is 1. The van der Waals surface area contributed by atoms with Gasteiger partial charge in [-0.3, -0.25) is 9.69 Å². The van der Waals surface area contributed by atoms with E-state index in [4.69, 9.17) is 5.73 Å². The van der Waals surface area contributed by atoms with E-state index in [0.29, 0.717) is 13.1 Å². The minimum Gasteiger partial charge on any atom is -0.377 e. The maximum absolute atomic E-state index is 10.9. The van der Waals surface area contributed by atoms with Crippen molar-refractivity contribution in [2.45, 2.75) is 12.1 Å². The molecule has 16 heavy (non-hydrogen) atoms. The largest absolute Gasteiger partial charge is 0.377 e. The highest BCUT2D eigenvalue weighted by Crippen LogP contribution is 2.23. The van der Waals surface area contributed by atoms with Crippen LogP contribution in [0.1, 0.15) is 5.56 Å². The molecule has 1 aliphatic heterocycles. The molecule has 3 N–H and O–H groups in total. The number of primary amides is 1. The molecule has 1 heterocycles. The average Bonchev–Trinajstić information content (AvgIpc) is 2.18. The molecule has 1 saturated heterocycles. The second kappa shape index (κ2) is 4.16. The molecule has 2 rings (SSSR count).